The average molecular weight is 284 g/mol. The summed E-state index contributed by atoms with van der Waals surface area (Å²) in [5, 5.41) is 9.45. The van der Waals surface area contributed by atoms with Crippen molar-refractivity contribution in [3.63, 3.8) is 0 Å². The van der Waals surface area contributed by atoms with Gasteiger partial charge in [0.1, 0.15) is 23.4 Å². The lowest BCUT2D eigenvalue weighted by molar-refractivity contribution is 0.104. The van der Waals surface area contributed by atoms with E-state index >= 15 is 0 Å². The van der Waals surface area contributed by atoms with Crippen LogP contribution in [0.4, 0.5) is 4.39 Å². The molecule has 2 aromatic carbocycles. The van der Waals surface area contributed by atoms with Crippen LogP contribution >= 0.6 is 0 Å². The Kier molecular flexibility index (Phi) is 2.88. The first-order chi connectivity index (χ1) is 10.2. The summed E-state index contributed by atoms with van der Waals surface area (Å²) in [6.45, 7) is 0. The van der Waals surface area contributed by atoms with E-state index in [2.05, 4.69) is 0 Å². The number of ether oxygens (including phenoxy) is 1. The molecule has 0 aromatic heterocycles. The molecule has 0 saturated heterocycles. The van der Waals surface area contributed by atoms with Gasteiger partial charge in [0.2, 0.25) is 0 Å². The molecule has 1 saturated carbocycles. The van der Waals surface area contributed by atoms with Crippen LogP contribution in [-0.4, -0.2) is 5.11 Å². The molecule has 108 valence electrons. The van der Waals surface area contributed by atoms with Crippen molar-refractivity contribution in [3.8, 4) is 11.5 Å². The third-order valence-corrected chi connectivity index (χ3v) is 4.81. The van der Waals surface area contributed by atoms with Crippen LogP contribution in [0.25, 0.3) is 0 Å². The van der Waals surface area contributed by atoms with E-state index in [1.807, 2.05) is 12.1 Å². The first-order valence-electron chi connectivity index (χ1n) is 7.47. The van der Waals surface area contributed by atoms with E-state index in [1.54, 1.807) is 24.3 Å². The number of rotatable bonds is 1. The smallest absolute Gasteiger partial charge is 0.127 e. The maximum atomic E-state index is 13.5. The fraction of sp³-hybridized carbons (Fsp3) is 0.333. The molecule has 1 fully saturated rings. The second kappa shape index (κ2) is 4.76. The Bertz CT molecular complexity index is 665. The Morgan fingerprint density at radius 2 is 1.86 bits per heavy atom. The lowest BCUT2D eigenvalue weighted by Crippen LogP contribution is -2.26. The van der Waals surface area contributed by atoms with Gasteiger partial charge in [-0.2, -0.15) is 0 Å². The van der Waals surface area contributed by atoms with Gasteiger partial charge in [0.25, 0.3) is 0 Å². The summed E-state index contributed by atoms with van der Waals surface area (Å²) in [4.78, 5) is 0. The highest BCUT2D eigenvalue weighted by atomic mass is 19.1. The normalized spacial score (nSPS) is 26.8. The first kappa shape index (κ1) is 12.7. The highest BCUT2D eigenvalue weighted by Crippen LogP contribution is 2.53. The van der Waals surface area contributed by atoms with E-state index in [9.17, 15) is 9.50 Å². The highest BCUT2D eigenvalue weighted by molar-refractivity contribution is 5.42. The summed E-state index contributed by atoms with van der Waals surface area (Å²) in [6.07, 6.45) is 3.35. The molecular weight excluding hydrogens is 267 g/mol. The molecule has 2 aromatic rings. The zero-order chi connectivity index (χ0) is 14.4. The van der Waals surface area contributed by atoms with Crippen LogP contribution in [0, 0.1) is 11.7 Å². The topological polar surface area (TPSA) is 29.5 Å². The standard InChI is InChI=1S/C18H17FO2/c19-12-6-9-17-16(10-12)14-2-1-3-15(14)18(21-17)11-4-7-13(20)8-5-11/h4-10,14-15,18,20H,1-3H2/t14-,15+,18+/m0/s1. The Morgan fingerprint density at radius 3 is 2.67 bits per heavy atom. The van der Waals surface area contributed by atoms with E-state index in [-0.39, 0.29) is 17.7 Å². The third kappa shape index (κ3) is 2.08. The van der Waals surface area contributed by atoms with Gasteiger partial charge >= 0.3 is 0 Å². The Labute approximate surface area is 123 Å². The molecule has 0 bridgehead atoms. The number of hydrogen-bond acceptors (Lipinski definition) is 2. The second-order valence-electron chi connectivity index (χ2n) is 6.01. The van der Waals surface area contributed by atoms with Gasteiger partial charge < -0.3 is 9.84 Å². The lowest BCUT2D eigenvalue weighted by Gasteiger charge is -2.36. The van der Waals surface area contributed by atoms with Crippen molar-refractivity contribution in [2.24, 2.45) is 5.92 Å². The molecule has 1 aliphatic heterocycles. The molecule has 3 atom stereocenters. The van der Waals surface area contributed by atoms with Crippen LogP contribution in [0.15, 0.2) is 42.5 Å². The van der Waals surface area contributed by atoms with Crippen LogP contribution in [0.5, 0.6) is 11.5 Å². The van der Waals surface area contributed by atoms with Crippen LogP contribution in [0.3, 0.4) is 0 Å². The average Bonchev–Trinajstić information content (AvgIpc) is 2.97. The van der Waals surface area contributed by atoms with Gasteiger partial charge in [-0.25, -0.2) is 4.39 Å². The summed E-state index contributed by atoms with van der Waals surface area (Å²) in [5.74, 6) is 1.65. The Hall–Kier alpha value is -2.03. The first-order valence-corrected chi connectivity index (χ1v) is 7.47. The number of aromatic hydroxyl groups is 1. The predicted octanol–water partition coefficient (Wildman–Crippen LogP) is 4.55. The number of phenols is 1. The van der Waals surface area contributed by atoms with Gasteiger partial charge in [-0.3, -0.25) is 0 Å². The minimum absolute atomic E-state index is 0.00365. The largest absolute Gasteiger partial charge is 0.508 e. The van der Waals surface area contributed by atoms with E-state index < -0.39 is 0 Å². The number of halogens is 1. The fourth-order valence-corrected chi connectivity index (χ4v) is 3.86. The van der Waals surface area contributed by atoms with Crippen molar-refractivity contribution < 1.29 is 14.2 Å². The molecule has 21 heavy (non-hydrogen) atoms. The van der Waals surface area contributed by atoms with Crippen molar-refractivity contribution >= 4 is 0 Å². The maximum Gasteiger partial charge on any atom is 0.127 e. The van der Waals surface area contributed by atoms with Gasteiger partial charge in [0.15, 0.2) is 0 Å². The van der Waals surface area contributed by atoms with Gasteiger partial charge in [-0.05, 0) is 54.7 Å². The maximum absolute atomic E-state index is 13.5. The van der Waals surface area contributed by atoms with Crippen molar-refractivity contribution in [2.75, 3.05) is 0 Å². The Balaban J connectivity index is 1.77. The SMILES string of the molecule is Oc1ccc([C@H]2Oc3ccc(F)cc3[C@H]3CCC[C@H]32)cc1. The molecule has 1 heterocycles. The summed E-state index contributed by atoms with van der Waals surface area (Å²) in [6, 6.07) is 12.1. The van der Waals surface area contributed by atoms with Gasteiger partial charge in [-0.1, -0.05) is 18.6 Å². The quantitative estimate of drug-likeness (QED) is 0.832. The second-order valence-corrected chi connectivity index (χ2v) is 6.01. The lowest BCUT2D eigenvalue weighted by atomic mass is 9.80. The van der Waals surface area contributed by atoms with E-state index in [1.165, 1.54) is 6.07 Å². The monoisotopic (exact) mass is 284 g/mol. The number of phenolic OH excluding ortho intramolecular Hbond substituents is 1. The summed E-state index contributed by atoms with van der Waals surface area (Å²) >= 11 is 0. The molecule has 0 unspecified atom stereocenters. The minimum Gasteiger partial charge on any atom is -0.508 e. The third-order valence-electron chi connectivity index (χ3n) is 4.81. The van der Waals surface area contributed by atoms with Crippen LogP contribution in [-0.2, 0) is 0 Å². The molecule has 4 rings (SSSR count). The molecule has 0 spiro atoms. The Morgan fingerprint density at radius 1 is 1.05 bits per heavy atom. The van der Waals surface area contributed by atoms with E-state index in [0.717, 1.165) is 36.1 Å². The number of fused-ring (bicyclic) bond motifs is 3. The van der Waals surface area contributed by atoms with Gasteiger partial charge in [0, 0.05) is 11.5 Å². The minimum atomic E-state index is -0.189. The molecule has 1 N–H and O–H groups in total. The van der Waals surface area contributed by atoms with Crippen molar-refractivity contribution in [2.45, 2.75) is 31.3 Å². The number of benzene rings is 2. The summed E-state index contributed by atoms with van der Waals surface area (Å²) in [5.41, 5.74) is 2.10. The molecular formula is C18H17FO2. The molecule has 0 radical (unpaired) electrons. The van der Waals surface area contributed by atoms with E-state index in [4.69, 9.17) is 4.74 Å². The highest BCUT2D eigenvalue weighted by Gasteiger charge is 2.41. The number of hydrogen-bond donors (Lipinski definition) is 1. The van der Waals surface area contributed by atoms with Crippen LogP contribution < -0.4 is 4.74 Å². The van der Waals surface area contributed by atoms with Gasteiger partial charge in [-0.15, -0.1) is 0 Å². The summed E-state index contributed by atoms with van der Waals surface area (Å²) < 4.78 is 19.7. The van der Waals surface area contributed by atoms with E-state index in [0.29, 0.717) is 11.8 Å². The summed E-state index contributed by atoms with van der Waals surface area (Å²) in [7, 11) is 0. The van der Waals surface area contributed by atoms with Crippen molar-refractivity contribution in [3.05, 3.63) is 59.4 Å². The molecule has 0 amide bonds. The molecule has 3 heteroatoms. The zero-order valence-corrected chi connectivity index (χ0v) is 11.6. The van der Waals surface area contributed by atoms with Crippen molar-refractivity contribution in [1.29, 1.82) is 0 Å². The van der Waals surface area contributed by atoms with Crippen molar-refractivity contribution in [1.82, 2.24) is 0 Å². The zero-order valence-electron chi connectivity index (χ0n) is 11.6. The van der Waals surface area contributed by atoms with Gasteiger partial charge in [0.05, 0.1) is 0 Å². The molecule has 1 aliphatic carbocycles. The molecule has 2 nitrogen and oxygen atoms in total. The van der Waals surface area contributed by atoms with Crippen LogP contribution in [0.2, 0.25) is 0 Å². The predicted molar refractivity (Wildman–Crippen MR) is 78.0 cm³/mol. The fourth-order valence-electron chi connectivity index (χ4n) is 3.86. The van der Waals surface area contributed by atoms with Crippen LogP contribution in [0.1, 0.15) is 42.4 Å². The molecule has 2 aliphatic rings.